The van der Waals surface area contributed by atoms with Crippen LogP contribution in [0.25, 0.3) is 11.3 Å². The van der Waals surface area contributed by atoms with Gasteiger partial charge in [-0.25, -0.2) is 4.79 Å². The van der Waals surface area contributed by atoms with Gasteiger partial charge in [-0.05, 0) is 50.1 Å². The van der Waals surface area contributed by atoms with Crippen molar-refractivity contribution in [1.29, 1.82) is 0 Å². The average Bonchev–Trinajstić information content (AvgIpc) is 3.29. The molecule has 1 aromatic carbocycles. The first-order chi connectivity index (χ1) is 13.8. The average molecular weight is 422 g/mol. The van der Waals surface area contributed by atoms with Gasteiger partial charge in [-0.15, -0.1) is 0 Å². The molecule has 0 aliphatic carbocycles. The second kappa shape index (κ2) is 8.84. The number of nitrogens with one attached hydrogen (secondary N) is 1. The topological polar surface area (TPSA) is 116 Å². The highest BCUT2D eigenvalue weighted by molar-refractivity contribution is 6.30. The summed E-state index contributed by atoms with van der Waals surface area (Å²) in [6, 6.07) is 6.92. The van der Waals surface area contributed by atoms with Gasteiger partial charge in [0.25, 0.3) is 5.97 Å². The number of rotatable bonds is 3. The van der Waals surface area contributed by atoms with Gasteiger partial charge in [-0.3, -0.25) is 4.79 Å². The van der Waals surface area contributed by atoms with E-state index in [9.17, 15) is 9.90 Å². The van der Waals surface area contributed by atoms with Crippen LogP contribution in [0.1, 0.15) is 36.5 Å². The van der Waals surface area contributed by atoms with E-state index in [0.29, 0.717) is 16.4 Å². The molecule has 2 aliphatic heterocycles. The number of carbonyl (C=O) groups is 2. The Morgan fingerprint density at radius 3 is 2.52 bits per heavy atom. The van der Waals surface area contributed by atoms with Crippen LogP contribution in [0.5, 0.6) is 0 Å². The number of aromatic nitrogens is 1. The molecule has 2 saturated heterocycles. The molecule has 3 heterocycles. The summed E-state index contributed by atoms with van der Waals surface area (Å²) in [5.41, 5.74) is 1.01. The van der Waals surface area contributed by atoms with Crippen molar-refractivity contribution in [2.75, 3.05) is 31.1 Å². The molecule has 4 rings (SSSR count). The first-order valence-corrected chi connectivity index (χ1v) is 9.83. The van der Waals surface area contributed by atoms with Gasteiger partial charge in [-0.2, -0.15) is 0 Å². The largest absolute Gasteiger partial charge is 0.481 e. The van der Waals surface area contributed by atoms with E-state index >= 15 is 0 Å². The molecule has 1 unspecified atom stereocenters. The zero-order chi connectivity index (χ0) is 21.0. The van der Waals surface area contributed by atoms with Crippen LogP contribution in [0, 0.1) is 5.41 Å². The second-order valence-electron chi connectivity index (χ2n) is 7.49. The molecule has 0 radical (unpaired) electrons. The number of hydrogen-bond donors (Lipinski definition) is 3. The molecular weight excluding hydrogens is 398 g/mol. The monoisotopic (exact) mass is 421 g/mol. The molecule has 1 aromatic heterocycles. The molecule has 2 aliphatic rings. The lowest BCUT2D eigenvalue weighted by atomic mass is 9.79. The van der Waals surface area contributed by atoms with Crippen molar-refractivity contribution < 1.29 is 24.3 Å². The van der Waals surface area contributed by atoms with Gasteiger partial charge in [0.15, 0.2) is 17.1 Å². The smallest absolute Gasteiger partial charge is 0.343 e. The number of benzene rings is 1. The maximum Gasteiger partial charge on any atom is 0.343 e. The summed E-state index contributed by atoms with van der Waals surface area (Å²) in [6.07, 6.45) is 3.32. The molecular formula is C20H24ClN3O5. The first kappa shape index (κ1) is 21.1. The minimum Gasteiger partial charge on any atom is -0.481 e. The highest BCUT2D eigenvalue weighted by Gasteiger charge is 2.40. The van der Waals surface area contributed by atoms with Crippen LogP contribution in [0.3, 0.4) is 0 Å². The van der Waals surface area contributed by atoms with E-state index < -0.39 is 11.9 Å². The Morgan fingerprint density at radius 2 is 1.93 bits per heavy atom. The van der Waals surface area contributed by atoms with Crippen LogP contribution in [0.4, 0.5) is 5.82 Å². The second-order valence-corrected chi connectivity index (χ2v) is 7.93. The standard InChI is InChI=1S/C18H20ClN3O3.C2H4O2/c19-13-4-2-12(3-5-13)15-14(17(23)24)16(21-25-15)22-9-1-6-18(11-22)7-8-20-10-18;1-2(3)4/h2-5,20H,1,6-11H2,(H,23,24);1H3,(H,3,4). The van der Waals surface area contributed by atoms with E-state index in [2.05, 4.69) is 15.4 Å². The number of anilines is 1. The molecule has 9 heteroatoms. The SMILES string of the molecule is CC(=O)O.O=C(O)c1c(N2CCCC3(CCNC3)C2)noc1-c1ccc(Cl)cc1. The van der Waals surface area contributed by atoms with Crippen molar-refractivity contribution in [2.45, 2.75) is 26.2 Å². The van der Waals surface area contributed by atoms with Crippen LogP contribution in [0.15, 0.2) is 28.8 Å². The number of halogens is 1. The first-order valence-electron chi connectivity index (χ1n) is 9.45. The quantitative estimate of drug-likeness (QED) is 0.690. The summed E-state index contributed by atoms with van der Waals surface area (Å²) in [6.45, 7) is 4.70. The molecule has 156 valence electrons. The molecule has 2 fully saturated rings. The van der Waals surface area contributed by atoms with E-state index in [1.54, 1.807) is 24.3 Å². The lowest BCUT2D eigenvalue weighted by molar-refractivity contribution is -0.134. The van der Waals surface area contributed by atoms with Gasteiger partial charge >= 0.3 is 5.97 Å². The Kier molecular flexibility index (Phi) is 6.44. The lowest BCUT2D eigenvalue weighted by Crippen LogP contribution is -2.45. The minimum atomic E-state index is -1.02. The number of hydrogen-bond acceptors (Lipinski definition) is 6. The fraction of sp³-hybridized carbons (Fsp3) is 0.450. The highest BCUT2D eigenvalue weighted by Crippen LogP contribution is 2.39. The van der Waals surface area contributed by atoms with E-state index in [1.165, 1.54) is 6.42 Å². The fourth-order valence-electron chi connectivity index (χ4n) is 4.02. The molecule has 1 atom stereocenters. The third-order valence-electron chi connectivity index (χ3n) is 5.29. The zero-order valence-electron chi connectivity index (χ0n) is 16.2. The van der Waals surface area contributed by atoms with Crippen molar-refractivity contribution in [3.05, 3.63) is 34.9 Å². The summed E-state index contributed by atoms with van der Waals surface area (Å²) in [5.74, 6) is -1.14. The van der Waals surface area contributed by atoms with Crippen molar-refractivity contribution in [1.82, 2.24) is 10.5 Å². The number of aromatic carboxylic acids is 1. The van der Waals surface area contributed by atoms with Crippen LogP contribution in [-0.4, -0.2) is 53.5 Å². The van der Waals surface area contributed by atoms with Gasteiger partial charge in [0.05, 0.1) is 0 Å². The molecule has 0 bridgehead atoms. The summed E-state index contributed by atoms with van der Waals surface area (Å²) >= 11 is 5.92. The fourth-order valence-corrected chi connectivity index (χ4v) is 4.15. The predicted octanol–water partition coefficient (Wildman–Crippen LogP) is 3.36. The number of nitrogens with zero attached hydrogens (tertiary/aromatic N) is 2. The molecule has 1 spiro atoms. The summed E-state index contributed by atoms with van der Waals surface area (Å²) < 4.78 is 5.46. The van der Waals surface area contributed by atoms with Gasteiger partial charge in [-0.1, -0.05) is 16.8 Å². The van der Waals surface area contributed by atoms with Gasteiger partial charge in [0.2, 0.25) is 0 Å². The van der Waals surface area contributed by atoms with Crippen LogP contribution in [0.2, 0.25) is 5.02 Å². The Labute approximate surface area is 173 Å². The number of carboxylic acids is 2. The van der Waals surface area contributed by atoms with E-state index in [0.717, 1.165) is 45.9 Å². The maximum absolute atomic E-state index is 11.9. The molecule has 0 saturated carbocycles. The highest BCUT2D eigenvalue weighted by atomic mass is 35.5. The van der Waals surface area contributed by atoms with E-state index in [4.69, 9.17) is 26.0 Å². The number of carboxylic acid groups (broad SMARTS) is 2. The summed E-state index contributed by atoms with van der Waals surface area (Å²) in [5, 5.41) is 25.3. The maximum atomic E-state index is 11.9. The zero-order valence-corrected chi connectivity index (χ0v) is 16.9. The Bertz CT molecular complexity index is 871. The normalized spacial score (nSPS) is 21.0. The molecule has 2 aromatic rings. The van der Waals surface area contributed by atoms with Crippen LogP contribution < -0.4 is 10.2 Å². The van der Waals surface area contributed by atoms with Gasteiger partial charge in [0.1, 0.15) is 0 Å². The van der Waals surface area contributed by atoms with Crippen LogP contribution >= 0.6 is 11.6 Å². The summed E-state index contributed by atoms with van der Waals surface area (Å²) in [4.78, 5) is 23.0. The lowest BCUT2D eigenvalue weighted by Gasteiger charge is -2.40. The van der Waals surface area contributed by atoms with Crippen molar-refractivity contribution in [3.8, 4) is 11.3 Å². The Morgan fingerprint density at radius 1 is 1.24 bits per heavy atom. The van der Waals surface area contributed by atoms with Crippen molar-refractivity contribution >= 4 is 29.4 Å². The van der Waals surface area contributed by atoms with Crippen LogP contribution in [-0.2, 0) is 4.79 Å². The molecule has 3 N–H and O–H groups in total. The third kappa shape index (κ3) is 4.89. The van der Waals surface area contributed by atoms with Crippen molar-refractivity contribution in [3.63, 3.8) is 0 Å². The molecule has 29 heavy (non-hydrogen) atoms. The van der Waals surface area contributed by atoms with Gasteiger partial charge in [0, 0.05) is 42.6 Å². The third-order valence-corrected chi connectivity index (χ3v) is 5.54. The number of piperidine rings is 1. The summed E-state index contributed by atoms with van der Waals surface area (Å²) in [7, 11) is 0. The van der Waals surface area contributed by atoms with Crippen molar-refractivity contribution in [2.24, 2.45) is 5.41 Å². The number of aliphatic carboxylic acids is 1. The molecule has 8 nitrogen and oxygen atoms in total. The van der Waals surface area contributed by atoms with E-state index in [-0.39, 0.29) is 16.7 Å². The Hall–Kier alpha value is -2.58. The minimum absolute atomic E-state index is 0.130. The Balaban J connectivity index is 0.000000552. The molecule has 0 amide bonds. The van der Waals surface area contributed by atoms with E-state index in [1.807, 2.05) is 0 Å². The predicted molar refractivity (Wildman–Crippen MR) is 109 cm³/mol. The van der Waals surface area contributed by atoms with Gasteiger partial charge < -0.3 is 25.0 Å².